The van der Waals surface area contributed by atoms with Gasteiger partial charge in [-0.3, -0.25) is 4.79 Å². The van der Waals surface area contributed by atoms with Gasteiger partial charge in [0.25, 0.3) is 0 Å². The predicted molar refractivity (Wildman–Crippen MR) is 109 cm³/mol. The van der Waals surface area contributed by atoms with Crippen LogP contribution in [0.25, 0.3) is 10.6 Å². The molecular formula is C19H18ClN5OS. The SMILES string of the molecule is Cc1nsc(-c2ccc(C)c(NCC(=O)N3CCc4nc(Cl)ccc43)c2)n1. The average Bonchev–Trinajstić information content (AvgIpc) is 3.26. The van der Waals surface area contributed by atoms with Gasteiger partial charge < -0.3 is 10.2 Å². The van der Waals surface area contributed by atoms with E-state index in [2.05, 4.69) is 19.7 Å². The van der Waals surface area contributed by atoms with Crippen LogP contribution in [0.2, 0.25) is 5.15 Å². The van der Waals surface area contributed by atoms with Crippen molar-refractivity contribution in [3.8, 4) is 10.6 Å². The highest BCUT2D eigenvalue weighted by Crippen LogP contribution is 2.29. The number of hydrogen-bond donors (Lipinski definition) is 1. The highest BCUT2D eigenvalue weighted by molar-refractivity contribution is 7.09. The van der Waals surface area contributed by atoms with Crippen LogP contribution in [-0.4, -0.2) is 33.3 Å². The molecule has 4 rings (SSSR count). The van der Waals surface area contributed by atoms with Crippen LogP contribution in [0.1, 0.15) is 17.1 Å². The molecule has 138 valence electrons. The smallest absolute Gasteiger partial charge is 0.246 e. The largest absolute Gasteiger partial charge is 0.376 e. The molecule has 1 aliphatic rings. The number of aryl methyl sites for hydroxylation is 2. The van der Waals surface area contributed by atoms with E-state index in [0.717, 1.165) is 45.4 Å². The maximum absolute atomic E-state index is 12.7. The van der Waals surface area contributed by atoms with Crippen molar-refractivity contribution in [2.45, 2.75) is 20.3 Å². The zero-order chi connectivity index (χ0) is 19.0. The van der Waals surface area contributed by atoms with E-state index in [9.17, 15) is 4.79 Å². The number of carbonyl (C=O) groups is 1. The molecule has 3 aromatic rings. The zero-order valence-corrected chi connectivity index (χ0v) is 16.6. The van der Waals surface area contributed by atoms with Gasteiger partial charge in [0.15, 0.2) is 0 Å². The molecule has 3 heterocycles. The molecule has 0 aliphatic carbocycles. The number of nitrogens with one attached hydrogen (secondary N) is 1. The van der Waals surface area contributed by atoms with Crippen molar-refractivity contribution in [3.05, 3.63) is 52.6 Å². The third-order valence-corrected chi connectivity index (χ3v) is 5.59. The highest BCUT2D eigenvalue weighted by Gasteiger charge is 2.25. The molecule has 0 spiro atoms. The normalized spacial score (nSPS) is 12.9. The van der Waals surface area contributed by atoms with Gasteiger partial charge in [-0.15, -0.1) is 0 Å². The molecule has 0 radical (unpaired) electrons. The zero-order valence-electron chi connectivity index (χ0n) is 15.0. The minimum absolute atomic E-state index is 0.00874. The molecular weight excluding hydrogens is 382 g/mol. The van der Waals surface area contributed by atoms with Gasteiger partial charge in [0.2, 0.25) is 5.91 Å². The van der Waals surface area contributed by atoms with Crippen molar-refractivity contribution in [2.24, 2.45) is 0 Å². The quantitative estimate of drug-likeness (QED) is 0.674. The summed E-state index contributed by atoms with van der Waals surface area (Å²) in [5, 5.41) is 4.60. The van der Waals surface area contributed by atoms with E-state index in [1.54, 1.807) is 11.0 Å². The second-order valence-electron chi connectivity index (χ2n) is 6.43. The van der Waals surface area contributed by atoms with Crippen LogP contribution >= 0.6 is 23.1 Å². The van der Waals surface area contributed by atoms with Crippen molar-refractivity contribution >= 4 is 40.4 Å². The molecule has 0 atom stereocenters. The summed E-state index contributed by atoms with van der Waals surface area (Å²) in [6.07, 6.45) is 0.729. The van der Waals surface area contributed by atoms with Crippen LogP contribution in [0.3, 0.4) is 0 Å². The van der Waals surface area contributed by atoms with Crippen LogP contribution < -0.4 is 10.2 Å². The number of rotatable bonds is 4. The monoisotopic (exact) mass is 399 g/mol. The van der Waals surface area contributed by atoms with E-state index >= 15 is 0 Å². The first-order valence-electron chi connectivity index (χ1n) is 8.62. The van der Waals surface area contributed by atoms with Crippen LogP contribution in [0.4, 0.5) is 11.4 Å². The Morgan fingerprint density at radius 3 is 2.89 bits per heavy atom. The molecule has 0 unspecified atom stereocenters. The van der Waals surface area contributed by atoms with Gasteiger partial charge in [-0.05, 0) is 49.1 Å². The number of aromatic nitrogens is 3. The van der Waals surface area contributed by atoms with E-state index in [0.29, 0.717) is 11.7 Å². The number of pyridine rings is 1. The summed E-state index contributed by atoms with van der Waals surface area (Å²) in [5.74, 6) is 0.774. The summed E-state index contributed by atoms with van der Waals surface area (Å²) in [6, 6.07) is 9.64. The summed E-state index contributed by atoms with van der Waals surface area (Å²) in [7, 11) is 0. The summed E-state index contributed by atoms with van der Waals surface area (Å²) in [6.45, 7) is 4.73. The summed E-state index contributed by atoms with van der Waals surface area (Å²) in [4.78, 5) is 23.2. The average molecular weight is 400 g/mol. The Morgan fingerprint density at radius 1 is 1.26 bits per heavy atom. The van der Waals surface area contributed by atoms with Crippen molar-refractivity contribution in [1.82, 2.24) is 14.3 Å². The van der Waals surface area contributed by atoms with E-state index in [4.69, 9.17) is 11.6 Å². The fourth-order valence-corrected chi connectivity index (χ4v) is 3.95. The molecule has 1 N–H and O–H groups in total. The lowest BCUT2D eigenvalue weighted by Gasteiger charge is -2.18. The summed E-state index contributed by atoms with van der Waals surface area (Å²) >= 11 is 7.31. The minimum Gasteiger partial charge on any atom is -0.376 e. The number of fused-ring (bicyclic) bond motifs is 1. The van der Waals surface area contributed by atoms with Gasteiger partial charge in [0.05, 0.1) is 17.9 Å². The molecule has 2 aromatic heterocycles. The Labute approximate surface area is 166 Å². The first-order chi connectivity index (χ1) is 13.0. The van der Waals surface area contributed by atoms with Crippen LogP contribution in [0, 0.1) is 13.8 Å². The Kier molecular flexibility index (Phi) is 4.80. The highest BCUT2D eigenvalue weighted by atomic mass is 35.5. The molecule has 0 bridgehead atoms. The Hall–Kier alpha value is -2.51. The molecule has 8 heteroatoms. The predicted octanol–water partition coefficient (Wildman–Crippen LogP) is 3.87. The molecule has 0 fully saturated rings. The van der Waals surface area contributed by atoms with E-state index < -0.39 is 0 Å². The van der Waals surface area contributed by atoms with Crippen molar-refractivity contribution in [2.75, 3.05) is 23.3 Å². The number of nitrogens with zero attached hydrogens (tertiary/aromatic N) is 4. The van der Waals surface area contributed by atoms with Gasteiger partial charge in [-0.1, -0.05) is 23.7 Å². The van der Waals surface area contributed by atoms with Crippen LogP contribution in [0.5, 0.6) is 0 Å². The number of carbonyl (C=O) groups excluding carboxylic acids is 1. The molecule has 0 saturated heterocycles. The van der Waals surface area contributed by atoms with E-state index in [1.807, 2.05) is 38.1 Å². The fraction of sp³-hybridized carbons (Fsp3) is 0.263. The number of anilines is 2. The van der Waals surface area contributed by atoms with Crippen LogP contribution in [0.15, 0.2) is 30.3 Å². The molecule has 1 aromatic carbocycles. The fourth-order valence-electron chi connectivity index (χ4n) is 3.12. The molecule has 27 heavy (non-hydrogen) atoms. The van der Waals surface area contributed by atoms with Crippen molar-refractivity contribution in [1.29, 1.82) is 0 Å². The number of benzene rings is 1. The standard InChI is InChI=1S/C19H18ClN5OS/c1-11-3-4-13(19-22-12(2)24-27-19)9-15(11)21-10-18(26)25-8-7-14-16(25)5-6-17(20)23-14/h3-6,9,21H,7-8,10H2,1-2H3. The maximum Gasteiger partial charge on any atom is 0.246 e. The number of halogens is 1. The number of hydrogen-bond acceptors (Lipinski definition) is 6. The Morgan fingerprint density at radius 2 is 2.11 bits per heavy atom. The Bertz CT molecular complexity index is 1020. The third-order valence-electron chi connectivity index (χ3n) is 4.52. The van der Waals surface area contributed by atoms with E-state index in [-0.39, 0.29) is 12.5 Å². The maximum atomic E-state index is 12.7. The molecule has 1 aliphatic heterocycles. The summed E-state index contributed by atoms with van der Waals surface area (Å²) in [5.41, 5.74) is 4.71. The Balaban J connectivity index is 1.48. The lowest BCUT2D eigenvalue weighted by Crippen LogP contribution is -2.34. The lowest BCUT2D eigenvalue weighted by molar-refractivity contribution is -0.116. The molecule has 1 amide bonds. The minimum atomic E-state index is 0.00874. The lowest BCUT2D eigenvalue weighted by atomic mass is 10.1. The summed E-state index contributed by atoms with van der Waals surface area (Å²) < 4.78 is 4.23. The first kappa shape index (κ1) is 17.9. The first-order valence-corrected chi connectivity index (χ1v) is 9.77. The van der Waals surface area contributed by atoms with Gasteiger partial charge in [-0.2, -0.15) is 4.37 Å². The second kappa shape index (κ2) is 7.25. The van der Waals surface area contributed by atoms with E-state index in [1.165, 1.54) is 11.5 Å². The van der Waals surface area contributed by atoms with Gasteiger partial charge in [0, 0.05) is 24.2 Å². The second-order valence-corrected chi connectivity index (χ2v) is 7.56. The van der Waals surface area contributed by atoms with Gasteiger partial charge >= 0.3 is 0 Å². The van der Waals surface area contributed by atoms with Gasteiger partial charge in [0.1, 0.15) is 16.0 Å². The van der Waals surface area contributed by atoms with Crippen molar-refractivity contribution in [3.63, 3.8) is 0 Å². The topological polar surface area (TPSA) is 71.0 Å². The molecule has 0 saturated carbocycles. The number of amides is 1. The third kappa shape index (κ3) is 3.65. The molecule has 6 nitrogen and oxygen atoms in total. The van der Waals surface area contributed by atoms with Crippen LogP contribution in [-0.2, 0) is 11.2 Å². The van der Waals surface area contributed by atoms with Gasteiger partial charge in [-0.25, -0.2) is 9.97 Å². The van der Waals surface area contributed by atoms with Crippen molar-refractivity contribution < 1.29 is 4.79 Å².